The maximum Gasteiger partial charge on any atom is 0.508 e. The Bertz CT molecular complexity index is 221. The predicted octanol–water partition coefficient (Wildman–Crippen LogP) is 3.05. The van der Waals surface area contributed by atoms with Crippen molar-refractivity contribution < 1.29 is 14.3 Å². The van der Waals surface area contributed by atoms with E-state index < -0.39 is 6.16 Å². The van der Waals surface area contributed by atoms with E-state index in [1.54, 1.807) is 0 Å². The third-order valence-corrected chi connectivity index (χ3v) is 2.51. The molecular formula is C11H18O3. The van der Waals surface area contributed by atoms with Crippen molar-refractivity contribution in [2.45, 2.75) is 45.1 Å². The first-order valence-corrected chi connectivity index (χ1v) is 5.12. The fraction of sp³-hybridized carbons (Fsp3) is 0.727. The second-order valence-corrected chi connectivity index (χ2v) is 3.73. The molecule has 1 rings (SSSR count). The molecule has 1 atom stereocenters. The van der Waals surface area contributed by atoms with Gasteiger partial charge in [0.25, 0.3) is 0 Å². The Morgan fingerprint density at radius 2 is 2.29 bits per heavy atom. The van der Waals surface area contributed by atoms with Crippen LogP contribution in [0.15, 0.2) is 11.6 Å². The molecule has 0 saturated carbocycles. The molecule has 0 bridgehead atoms. The second kappa shape index (κ2) is 5.68. The molecule has 0 aliphatic heterocycles. The summed E-state index contributed by atoms with van der Waals surface area (Å²) in [6.07, 6.45) is 6.83. The highest BCUT2D eigenvalue weighted by atomic mass is 16.7. The molecule has 0 fully saturated rings. The summed E-state index contributed by atoms with van der Waals surface area (Å²) in [6.45, 7) is 2.13. The van der Waals surface area contributed by atoms with Crippen molar-refractivity contribution in [3.63, 3.8) is 0 Å². The number of ether oxygens (including phenoxy) is 2. The van der Waals surface area contributed by atoms with Gasteiger partial charge in [-0.05, 0) is 32.6 Å². The second-order valence-electron chi connectivity index (χ2n) is 3.73. The minimum absolute atomic E-state index is 0.00213. The SMILES string of the molecule is COC(=O)OC1C/C=C(/C)CCCC1. The Morgan fingerprint density at radius 1 is 1.50 bits per heavy atom. The predicted molar refractivity (Wildman–Crippen MR) is 54.1 cm³/mol. The average Bonchev–Trinajstić information content (AvgIpc) is 2.16. The van der Waals surface area contributed by atoms with Crippen molar-refractivity contribution in [2.75, 3.05) is 7.11 Å². The van der Waals surface area contributed by atoms with Crippen LogP contribution in [-0.2, 0) is 9.47 Å². The van der Waals surface area contributed by atoms with Gasteiger partial charge in [0.1, 0.15) is 6.10 Å². The van der Waals surface area contributed by atoms with E-state index in [0.717, 1.165) is 19.3 Å². The number of methoxy groups -OCH3 is 1. The smallest absolute Gasteiger partial charge is 0.438 e. The molecule has 1 unspecified atom stereocenters. The quantitative estimate of drug-likeness (QED) is 0.480. The fourth-order valence-corrected chi connectivity index (χ4v) is 1.62. The zero-order chi connectivity index (χ0) is 10.4. The van der Waals surface area contributed by atoms with Crippen LogP contribution in [0.2, 0.25) is 0 Å². The lowest BCUT2D eigenvalue weighted by atomic mass is 9.99. The van der Waals surface area contributed by atoms with Crippen molar-refractivity contribution >= 4 is 6.16 Å². The van der Waals surface area contributed by atoms with Crippen LogP contribution in [0.3, 0.4) is 0 Å². The number of hydrogen-bond acceptors (Lipinski definition) is 3. The van der Waals surface area contributed by atoms with Crippen molar-refractivity contribution in [2.24, 2.45) is 0 Å². The zero-order valence-electron chi connectivity index (χ0n) is 8.91. The van der Waals surface area contributed by atoms with Gasteiger partial charge in [0, 0.05) is 6.42 Å². The molecule has 80 valence electrons. The van der Waals surface area contributed by atoms with Gasteiger partial charge in [-0.15, -0.1) is 0 Å². The third-order valence-electron chi connectivity index (χ3n) is 2.51. The Balaban J connectivity index is 2.43. The molecule has 1 aliphatic carbocycles. The van der Waals surface area contributed by atoms with Gasteiger partial charge in [0.05, 0.1) is 7.11 Å². The van der Waals surface area contributed by atoms with Crippen LogP contribution in [0.25, 0.3) is 0 Å². The number of carbonyl (C=O) groups is 1. The number of rotatable bonds is 1. The van der Waals surface area contributed by atoms with Crippen molar-refractivity contribution in [1.82, 2.24) is 0 Å². The molecule has 0 aromatic carbocycles. The van der Waals surface area contributed by atoms with Crippen molar-refractivity contribution in [1.29, 1.82) is 0 Å². The van der Waals surface area contributed by atoms with Gasteiger partial charge in [0.15, 0.2) is 0 Å². The number of carbonyl (C=O) groups excluding carboxylic acids is 1. The zero-order valence-corrected chi connectivity index (χ0v) is 8.91. The van der Waals surface area contributed by atoms with Gasteiger partial charge in [-0.3, -0.25) is 0 Å². The van der Waals surface area contributed by atoms with Gasteiger partial charge >= 0.3 is 6.16 Å². The van der Waals surface area contributed by atoms with E-state index in [4.69, 9.17) is 4.74 Å². The first kappa shape index (κ1) is 11.1. The van der Waals surface area contributed by atoms with Crippen LogP contribution >= 0.6 is 0 Å². The summed E-state index contributed by atoms with van der Waals surface area (Å²) in [7, 11) is 1.34. The average molecular weight is 198 g/mol. The first-order valence-electron chi connectivity index (χ1n) is 5.12. The molecule has 0 spiro atoms. The Kier molecular flexibility index (Phi) is 4.50. The van der Waals surface area contributed by atoms with Crippen LogP contribution < -0.4 is 0 Å². The highest BCUT2D eigenvalue weighted by Crippen LogP contribution is 2.19. The molecule has 3 heteroatoms. The monoisotopic (exact) mass is 198 g/mol. The van der Waals surface area contributed by atoms with E-state index in [-0.39, 0.29) is 6.10 Å². The summed E-state index contributed by atoms with van der Waals surface area (Å²) in [5, 5.41) is 0. The van der Waals surface area contributed by atoms with Gasteiger partial charge in [-0.25, -0.2) is 4.79 Å². The molecule has 0 N–H and O–H groups in total. The summed E-state index contributed by atoms with van der Waals surface area (Å²) in [6, 6.07) is 0. The van der Waals surface area contributed by atoms with Crippen LogP contribution in [0.4, 0.5) is 4.79 Å². The molecule has 0 heterocycles. The van der Waals surface area contributed by atoms with Crippen molar-refractivity contribution in [3.05, 3.63) is 11.6 Å². The van der Waals surface area contributed by atoms with E-state index in [1.165, 1.54) is 25.5 Å². The van der Waals surface area contributed by atoms with Crippen LogP contribution in [0.1, 0.15) is 39.0 Å². The van der Waals surface area contributed by atoms with E-state index in [0.29, 0.717) is 0 Å². The van der Waals surface area contributed by atoms with E-state index >= 15 is 0 Å². The Morgan fingerprint density at radius 3 is 3.00 bits per heavy atom. The minimum Gasteiger partial charge on any atom is -0.438 e. The van der Waals surface area contributed by atoms with Crippen LogP contribution in [-0.4, -0.2) is 19.4 Å². The van der Waals surface area contributed by atoms with Gasteiger partial charge in [-0.1, -0.05) is 11.6 Å². The molecule has 3 nitrogen and oxygen atoms in total. The van der Waals surface area contributed by atoms with Gasteiger partial charge in [0.2, 0.25) is 0 Å². The van der Waals surface area contributed by atoms with Gasteiger partial charge < -0.3 is 9.47 Å². The molecule has 0 aromatic heterocycles. The standard InChI is InChI=1S/C11H18O3/c1-9-5-3-4-6-10(8-7-9)14-11(12)13-2/h7,10H,3-6,8H2,1-2H3/b9-7-. The third kappa shape index (κ3) is 3.81. The summed E-state index contributed by atoms with van der Waals surface area (Å²) < 4.78 is 9.59. The maximum atomic E-state index is 10.9. The molecule has 0 saturated heterocycles. The lowest BCUT2D eigenvalue weighted by Gasteiger charge is -2.17. The maximum absolute atomic E-state index is 10.9. The molecule has 0 radical (unpaired) electrons. The molecule has 0 aromatic rings. The first-order chi connectivity index (χ1) is 6.72. The summed E-state index contributed by atoms with van der Waals surface area (Å²) >= 11 is 0. The van der Waals surface area contributed by atoms with E-state index in [9.17, 15) is 4.79 Å². The minimum atomic E-state index is -0.568. The van der Waals surface area contributed by atoms with Crippen molar-refractivity contribution in [3.8, 4) is 0 Å². The largest absolute Gasteiger partial charge is 0.508 e. The highest BCUT2D eigenvalue weighted by Gasteiger charge is 2.14. The molecule has 1 aliphatic rings. The fourth-order valence-electron chi connectivity index (χ4n) is 1.62. The normalized spacial score (nSPS) is 26.7. The molecule has 14 heavy (non-hydrogen) atoms. The lowest BCUT2D eigenvalue weighted by molar-refractivity contribution is 0.0336. The summed E-state index contributed by atoms with van der Waals surface area (Å²) in [4.78, 5) is 10.9. The van der Waals surface area contributed by atoms with E-state index in [2.05, 4.69) is 17.7 Å². The summed E-state index contributed by atoms with van der Waals surface area (Å²) in [5.74, 6) is 0. The Labute approximate surface area is 85.1 Å². The van der Waals surface area contributed by atoms with Crippen LogP contribution in [0, 0.1) is 0 Å². The summed E-state index contributed by atoms with van der Waals surface area (Å²) in [5.41, 5.74) is 1.39. The van der Waals surface area contributed by atoms with E-state index in [1.807, 2.05) is 0 Å². The highest BCUT2D eigenvalue weighted by molar-refractivity contribution is 5.59. The Hall–Kier alpha value is -0.990. The van der Waals surface area contributed by atoms with Gasteiger partial charge in [-0.2, -0.15) is 0 Å². The lowest BCUT2D eigenvalue weighted by Crippen LogP contribution is -2.18. The topological polar surface area (TPSA) is 35.5 Å². The van der Waals surface area contributed by atoms with Crippen LogP contribution in [0.5, 0.6) is 0 Å². The molecule has 0 amide bonds. The molecular weight excluding hydrogens is 180 g/mol. The number of allylic oxidation sites excluding steroid dienone is 1. The number of hydrogen-bond donors (Lipinski definition) is 0.